The van der Waals surface area contributed by atoms with Crippen molar-refractivity contribution in [2.45, 2.75) is 53.0 Å². The van der Waals surface area contributed by atoms with Crippen molar-refractivity contribution in [3.05, 3.63) is 34.0 Å². The normalized spacial score (nSPS) is 13.5. The predicted octanol–water partition coefficient (Wildman–Crippen LogP) is 6.02. The molecule has 1 N–H and O–H groups in total. The summed E-state index contributed by atoms with van der Waals surface area (Å²) in [5.74, 6) is 2.00. The Balaban J connectivity index is 2.47. The van der Waals surface area contributed by atoms with E-state index in [2.05, 4.69) is 74.1 Å². The third-order valence-corrected chi connectivity index (χ3v) is 4.30. The summed E-state index contributed by atoms with van der Waals surface area (Å²) < 4.78 is 7.37. The van der Waals surface area contributed by atoms with Crippen LogP contribution in [0.15, 0.2) is 27.1 Å². The molecule has 1 aromatic carbocycles. The highest BCUT2D eigenvalue weighted by Crippen LogP contribution is 2.35. The lowest BCUT2D eigenvalue weighted by Gasteiger charge is -2.19. The molecule has 0 aliphatic rings. The van der Waals surface area contributed by atoms with Crippen LogP contribution in [-0.2, 0) is 0 Å². The van der Waals surface area contributed by atoms with E-state index in [0.717, 1.165) is 28.8 Å². The molecule has 0 aliphatic heterocycles. The molecule has 0 saturated heterocycles. The van der Waals surface area contributed by atoms with E-state index in [1.807, 2.05) is 0 Å². The predicted molar refractivity (Wildman–Crippen MR) is 93.9 cm³/mol. The molecule has 21 heavy (non-hydrogen) atoms. The number of fused-ring (bicyclic) bond motifs is 1. The Hall–Kier alpha value is -0.800. The second-order valence-corrected chi connectivity index (χ2v) is 7.31. The van der Waals surface area contributed by atoms with Crippen molar-refractivity contribution in [1.29, 1.82) is 0 Å². The third kappa shape index (κ3) is 3.70. The number of halogens is 1. The first-order chi connectivity index (χ1) is 9.93. The van der Waals surface area contributed by atoms with Gasteiger partial charge in [-0.05, 0) is 48.6 Å². The Kier molecular flexibility index (Phi) is 5.50. The van der Waals surface area contributed by atoms with Crippen molar-refractivity contribution in [3.63, 3.8) is 0 Å². The summed E-state index contributed by atoms with van der Waals surface area (Å²) in [6.07, 6.45) is 1.13. The fourth-order valence-corrected chi connectivity index (χ4v) is 3.20. The van der Waals surface area contributed by atoms with Crippen molar-refractivity contribution in [3.8, 4) is 0 Å². The fourth-order valence-electron chi connectivity index (χ4n) is 2.71. The molecule has 0 spiro atoms. The van der Waals surface area contributed by atoms with Gasteiger partial charge in [0.1, 0.15) is 11.3 Å². The molecular formula is C18H26BrNO. The van der Waals surface area contributed by atoms with Crippen molar-refractivity contribution >= 4 is 26.9 Å². The Morgan fingerprint density at radius 1 is 1.14 bits per heavy atom. The Morgan fingerprint density at radius 3 is 2.43 bits per heavy atom. The highest BCUT2D eigenvalue weighted by atomic mass is 79.9. The number of nitrogens with one attached hydrogen (secondary N) is 1. The van der Waals surface area contributed by atoms with Gasteiger partial charge in [-0.3, -0.25) is 0 Å². The van der Waals surface area contributed by atoms with E-state index < -0.39 is 0 Å². The van der Waals surface area contributed by atoms with Gasteiger partial charge in [-0.1, -0.05) is 50.5 Å². The molecular weight excluding hydrogens is 326 g/mol. The summed E-state index contributed by atoms with van der Waals surface area (Å²) in [5, 5.41) is 4.79. The average molecular weight is 352 g/mol. The molecule has 0 amide bonds. The van der Waals surface area contributed by atoms with Crippen LogP contribution in [-0.4, -0.2) is 6.54 Å². The number of rotatable bonds is 6. The summed E-state index contributed by atoms with van der Waals surface area (Å²) in [5.41, 5.74) is 2.30. The molecule has 0 radical (unpaired) electrons. The van der Waals surface area contributed by atoms with E-state index in [4.69, 9.17) is 4.42 Å². The van der Waals surface area contributed by atoms with Crippen LogP contribution in [0.25, 0.3) is 11.0 Å². The number of hydrogen-bond acceptors (Lipinski definition) is 2. The summed E-state index contributed by atoms with van der Waals surface area (Å²) >= 11 is 3.61. The molecule has 0 bridgehead atoms. The van der Waals surface area contributed by atoms with Crippen LogP contribution in [0.5, 0.6) is 0 Å². The van der Waals surface area contributed by atoms with Gasteiger partial charge in [0.05, 0.1) is 6.04 Å². The molecule has 1 atom stereocenters. The molecule has 2 rings (SSSR count). The maximum atomic E-state index is 6.25. The van der Waals surface area contributed by atoms with Gasteiger partial charge in [-0.2, -0.15) is 0 Å². The molecule has 1 aromatic heterocycles. The van der Waals surface area contributed by atoms with Crippen LogP contribution in [0, 0.1) is 5.92 Å². The van der Waals surface area contributed by atoms with Gasteiger partial charge in [-0.25, -0.2) is 0 Å². The topological polar surface area (TPSA) is 25.2 Å². The molecule has 0 fully saturated rings. The molecule has 1 heterocycles. The first kappa shape index (κ1) is 16.6. The highest BCUT2D eigenvalue weighted by molar-refractivity contribution is 9.10. The van der Waals surface area contributed by atoms with Gasteiger partial charge in [0.2, 0.25) is 0 Å². The van der Waals surface area contributed by atoms with Gasteiger partial charge in [-0.15, -0.1) is 0 Å². The smallest absolute Gasteiger partial charge is 0.137 e. The van der Waals surface area contributed by atoms with Crippen LogP contribution >= 0.6 is 15.9 Å². The Bertz CT molecular complexity index is 601. The zero-order chi connectivity index (χ0) is 15.6. The molecule has 0 saturated carbocycles. The molecule has 3 heteroatoms. The van der Waals surface area contributed by atoms with Crippen LogP contribution in [0.2, 0.25) is 0 Å². The minimum atomic E-state index is 0.274. The quantitative estimate of drug-likeness (QED) is 0.688. The molecule has 116 valence electrons. The number of furan rings is 1. The monoisotopic (exact) mass is 351 g/mol. The van der Waals surface area contributed by atoms with Crippen LogP contribution in [0.1, 0.15) is 64.3 Å². The second-order valence-electron chi connectivity index (χ2n) is 6.39. The van der Waals surface area contributed by atoms with Crippen molar-refractivity contribution < 1.29 is 4.42 Å². The SMILES string of the molecule is CCCNC(c1cc2cc(Br)cc(C(C)C)c2o1)C(C)C. The van der Waals surface area contributed by atoms with Gasteiger partial charge < -0.3 is 9.73 Å². The maximum Gasteiger partial charge on any atom is 0.137 e. The van der Waals surface area contributed by atoms with Crippen LogP contribution in [0.3, 0.4) is 0 Å². The number of hydrogen-bond donors (Lipinski definition) is 1. The zero-order valence-electron chi connectivity index (χ0n) is 13.7. The maximum absolute atomic E-state index is 6.25. The van der Waals surface area contributed by atoms with Crippen molar-refractivity contribution in [1.82, 2.24) is 5.32 Å². The molecule has 1 unspecified atom stereocenters. The Labute approximate surface area is 136 Å². The summed E-state index contributed by atoms with van der Waals surface area (Å²) in [6, 6.07) is 6.78. The van der Waals surface area contributed by atoms with E-state index >= 15 is 0 Å². The van der Waals surface area contributed by atoms with Gasteiger partial charge in [0, 0.05) is 9.86 Å². The second kappa shape index (κ2) is 6.97. The third-order valence-electron chi connectivity index (χ3n) is 3.84. The van der Waals surface area contributed by atoms with Gasteiger partial charge in [0.25, 0.3) is 0 Å². The largest absolute Gasteiger partial charge is 0.459 e. The van der Waals surface area contributed by atoms with Gasteiger partial charge >= 0.3 is 0 Å². The van der Waals surface area contributed by atoms with Crippen LogP contribution in [0.4, 0.5) is 0 Å². The fraction of sp³-hybridized carbons (Fsp3) is 0.556. The molecule has 0 aliphatic carbocycles. The molecule has 2 aromatic rings. The van der Waals surface area contributed by atoms with Crippen molar-refractivity contribution in [2.75, 3.05) is 6.54 Å². The standard InChI is InChI=1S/C18H26BrNO/c1-6-7-20-17(12(4)5)16-9-13-8-14(19)10-15(11(2)3)18(13)21-16/h8-12,17,20H,6-7H2,1-5H3. The van der Waals surface area contributed by atoms with Gasteiger partial charge in [0.15, 0.2) is 0 Å². The Morgan fingerprint density at radius 2 is 1.86 bits per heavy atom. The first-order valence-electron chi connectivity index (χ1n) is 7.90. The minimum Gasteiger partial charge on any atom is -0.459 e. The number of benzene rings is 1. The molecule has 2 nitrogen and oxygen atoms in total. The van der Waals surface area contributed by atoms with E-state index in [0.29, 0.717) is 11.8 Å². The summed E-state index contributed by atoms with van der Waals surface area (Å²) in [6.45, 7) is 12.1. The van der Waals surface area contributed by atoms with E-state index in [1.165, 1.54) is 10.9 Å². The minimum absolute atomic E-state index is 0.274. The van der Waals surface area contributed by atoms with Crippen LogP contribution < -0.4 is 5.32 Å². The van der Waals surface area contributed by atoms with E-state index in [1.54, 1.807) is 0 Å². The van der Waals surface area contributed by atoms with E-state index in [9.17, 15) is 0 Å². The van der Waals surface area contributed by atoms with Crippen molar-refractivity contribution in [2.24, 2.45) is 5.92 Å². The average Bonchev–Trinajstić information content (AvgIpc) is 2.80. The summed E-state index contributed by atoms with van der Waals surface area (Å²) in [4.78, 5) is 0. The lowest BCUT2D eigenvalue weighted by Crippen LogP contribution is -2.25. The lowest BCUT2D eigenvalue weighted by molar-refractivity contribution is 0.351. The highest BCUT2D eigenvalue weighted by Gasteiger charge is 2.21. The zero-order valence-corrected chi connectivity index (χ0v) is 15.3. The first-order valence-corrected chi connectivity index (χ1v) is 8.69. The lowest BCUT2D eigenvalue weighted by atomic mass is 10.00. The summed E-state index contributed by atoms with van der Waals surface area (Å²) in [7, 11) is 0. The van der Waals surface area contributed by atoms with E-state index in [-0.39, 0.29) is 6.04 Å².